The highest BCUT2D eigenvalue weighted by Crippen LogP contribution is 2.27. The predicted octanol–water partition coefficient (Wildman–Crippen LogP) is 3.73. The quantitative estimate of drug-likeness (QED) is 0.932. The van der Waals surface area contributed by atoms with Crippen molar-refractivity contribution in [1.29, 1.82) is 0 Å². The van der Waals surface area contributed by atoms with Gasteiger partial charge in [-0.15, -0.1) is 0 Å². The molecular weight excluding hydrogens is 292 g/mol. The molecule has 1 N–H and O–H groups in total. The normalized spacial score (nSPS) is 12.2. The summed E-state index contributed by atoms with van der Waals surface area (Å²) in [5.74, 6) is 0.799. The fourth-order valence-corrected chi connectivity index (χ4v) is 2.32. The van der Waals surface area contributed by atoms with Crippen molar-refractivity contribution in [2.45, 2.75) is 12.5 Å². The van der Waals surface area contributed by atoms with Crippen molar-refractivity contribution >= 4 is 15.9 Å². The zero-order valence-electron chi connectivity index (χ0n) is 10.1. The molecule has 0 saturated carbocycles. The molecule has 3 heteroatoms. The maximum Gasteiger partial charge on any atom is 0.122 e. The van der Waals surface area contributed by atoms with Crippen LogP contribution < -0.4 is 4.74 Å². The fourth-order valence-electron chi connectivity index (χ4n) is 1.91. The Bertz CT molecular complexity index is 511. The Kier molecular flexibility index (Phi) is 4.39. The van der Waals surface area contributed by atoms with E-state index in [0.29, 0.717) is 6.42 Å². The van der Waals surface area contributed by atoms with Crippen LogP contribution >= 0.6 is 15.9 Å². The van der Waals surface area contributed by atoms with Gasteiger partial charge in [0.1, 0.15) is 5.75 Å². The molecule has 0 bridgehead atoms. The summed E-state index contributed by atoms with van der Waals surface area (Å²) in [6, 6.07) is 15.5. The highest BCUT2D eigenvalue weighted by Gasteiger charge is 2.12. The largest absolute Gasteiger partial charge is 0.496 e. The molecule has 1 unspecified atom stereocenters. The van der Waals surface area contributed by atoms with Gasteiger partial charge in [0.05, 0.1) is 13.2 Å². The average Bonchev–Trinajstić information content (AvgIpc) is 2.40. The molecule has 0 aliphatic rings. The van der Waals surface area contributed by atoms with Gasteiger partial charge in [0.25, 0.3) is 0 Å². The van der Waals surface area contributed by atoms with E-state index in [1.54, 1.807) is 7.11 Å². The second kappa shape index (κ2) is 6.03. The lowest BCUT2D eigenvalue weighted by molar-refractivity contribution is 0.177. The van der Waals surface area contributed by atoms with E-state index in [1.165, 1.54) is 0 Å². The molecule has 0 amide bonds. The molecular formula is C15H15BrO2. The standard InChI is InChI=1S/C15H15BrO2/c1-18-15-8-7-13(16)9-12(15)10-14(17)11-5-3-2-4-6-11/h2-9,14,17H,10H2,1H3. The summed E-state index contributed by atoms with van der Waals surface area (Å²) in [6.45, 7) is 0. The van der Waals surface area contributed by atoms with Gasteiger partial charge in [0, 0.05) is 10.9 Å². The van der Waals surface area contributed by atoms with E-state index >= 15 is 0 Å². The van der Waals surface area contributed by atoms with Crippen LogP contribution in [0.5, 0.6) is 5.75 Å². The number of ether oxygens (including phenoxy) is 1. The van der Waals surface area contributed by atoms with Crippen LogP contribution in [-0.4, -0.2) is 12.2 Å². The van der Waals surface area contributed by atoms with Gasteiger partial charge in [0.15, 0.2) is 0 Å². The molecule has 0 aliphatic heterocycles. The van der Waals surface area contributed by atoms with E-state index in [4.69, 9.17) is 4.74 Å². The first kappa shape index (κ1) is 13.1. The van der Waals surface area contributed by atoms with Gasteiger partial charge in [-0.05, 0) is 29.3 Å². The van der Waals surface area contributed by atoms with Crippen LogP contribution in [0.25, 0.3) is 0 Å². The first-order valence-corrected chi connectivity index (χ1v) is 6.55. The van der Waals surface area contributed by atoms with Crippen molar-refractivity contribution in [1.82, 2.24) is 0 Å². The average molecular weight is 307 g/mol. The van der Waals surface area contributed by atoms with E-state index in [1.807, 2.05) is 48.5 Å². The molecule has 2 nitrogen and oxygen atoms in total. The first-order valence-electron chi connectivity index (χ1n) is 5.76. The number of aliphatic hydroxyl groups is 1. The number of hydrogen-bond donors (Lipinski definition) is 1. The van der Waals surface area contributed by atoms with E-state index in [-0.39, 0.29) is 0 Å². The molecule has 0 spiro atoms. The van der Waals surface area contributed by atoms with Crippen LogP contribution in [0.15, 0.2) is 53.0 Å². The van der Waals surface area contributed by atoms with Crippen molar-refractivity contribution in [3.8, 4) is 5.75 Å². The number of aliphatic hydroxyl groups excluding tert-OH is 1. The monoisotopic (exact) mass is 306 g/mol. The van der Waals surface area contributed by atoms with Crippen LogP contribution in [-0.2, 0) is 6.42 Å². The predicted molar refractivity (Wildman–Crippen MR) is 75.8 cm³/mol. The maximum absolute atomic E-state index is 10.2. The number of halogens is 1. The Balaban J connectivity index is 2.21. The van der Waals surface area contributed by atoms with E-state index in [9.17, 15) is 5.11 Å². The van der Waals surface area contributed by atoms with Gasteiger partial charge >= 0.3 is 0 Å². The molecule has 2 aromatic rings. The van der Waals surface area contributed by atoms with Crippen molar-refractivity contribution < 1.29 is 9.84 Å². The number of rotatable bonds is 4. The summed E-state index contributed by atoms with van der Waals surface area (Å²) in [6.07, 6.45) is 0.0153. The third-order valence-corrected chi connectivity index (χ3v) is 3.33. The van der Waals surface area contributed by atoms with Crippen LogP contribution in [0.3, 0.4) is 0 Å². The summed E-state index contributed by atoms with van der Waals surface area (Å²) in [5, 5.41) is 10.2. The molecule has 0 saturated heterocycles. The number of benzene rings is 2. The molecule has 0 aromatic heterocycles. The molecule has 0 radical (unpaired) electrons. The lowest BCUT2D eigenvalue weighted by Crippen LogP contribution is -2.03. The number of methoxy groups -OCH3 is 1. The second-order valence-electron chi connectivity index (χ2n) is 4.09. The van der Waals surface area contributed by atoms with Gasteiger partial charge in [-0.3, -0.25) is 0 Å². The minimum atomic E-state index is -0.519. The van der Waals surface area contributed by atoms with Gasteiger partial charge in [0.2, 0.25) is 0 Å². The Morgan fingerprint density at radius 1 is 1.17 bits per heavy atom. The molecule has 18 heavy (non-hydrogen) atoms. The summed E-state index contributed by atoms with van der Waals surface area (Å²) < 4.78 is 6.29. The van der Waals surface area contributed by atoms with Crippen LogP contribution in [0.1, 0.15) is 17.2 Å². The van der Waals surface area contributed by atoms with Gasteiger partial charge in [-0.1, -0.05) is 46.3 Å². The molecule has 2 aromatic carbocycles. The maximum atomic E-state index is 10.2. The zero-order valence-corrected chi connectivity index (χ0v) is 11.7. The van der Waals surface area contributed by atoms with Crippen molar-refractivity contribution in [3.05, 3.63) is 64.1 Å². The summed E-state index contributed by atoms with van der Waals surface area (Å²) in [5.41, 5.74) is 1.91. The number of hydrogen-bond acceptors (Lipinski definition) is 2. The summed E-state index contributed by atoms with van der Waals surface area (Å²) in [7, 11) is 1.64. The van der Waals surface area contributed by atoms with E-state index in [2.05, 4.69) is 15.9 Å². The fraction of sp³-hybridized carbons (Fsp3) is 0.200. The summed E-state index contributed by atoms with van der Waals surface area (Å²) in [4.78, 5) is 0. The minimum absolute atomic E-state index is 0.519. The van der Waals surface area contributed by atoms with E-state index < -0.39 is 6.10 Å². The second-order valence-corrected chi connectivity index (χ2v) is 5.00. The van der Waals surface area contributed by atoms with Crippen LogP contribution in [0.4, 0.5) is 0 Å². The van der Waals surface area contributed by atoms with Crippen molar-refractivity contribution in [3.63, 3.8) is 0 Å². The first-order chi connectivity index (χ1) is 8.70. The van der Waals surface area contributed by atoms with E-state index in [0.717, 1.165) is 21.3 Å². The highest BCUT2D eigenvalue weighted by molar-refractivity contribution is 9.10. The zero-order chi connectivity index (χ0) is 13.0. The Morgan fingerprint density at radius 2 is 1.89 bits per heavy atom. The summed E-state index contributed by atoms with van der Waals surface area (Å²) >= 11 is 3.43. The van der Waals surface area contributed by atoms with Gasteiger partial charge in [-0.2, -0.15) is 0 Å². The van der Waals surface area contributed by atoms with Crippen molar-refractivity contribution in [2.24, 2.45) is 0 Å². The van der Waals surface area contributed by atoms with Gasteiger partial charge < -0.3 is 9.84 Å². The minimum Gasteiger partial charge on any atom is -0.496 e. The van der Waals surface area contributed by atoms with Crippen LogP contribution in [0.2, 0.25) is 0 Å². The van der Waals surface area contributed by atoms with Gasteiger partial charge in [-0.25, -0.2) is 0 Å². The lowest BCUT2D eigenvalue weighted by Gasteiger charge is -2.14. The molecule has 0 aliphatic carbocycles. The molecule has 0 fully saturated rings. The molecule has 0 heterocycles. The SMILES string of the molecule is COc1ccc(Br)cc1CC(O)c1ccccc1. The van der Waals surface area contributed by atoms with Crippen molar-refractivity contribution in [2.75, 3.05) is 7.11 Å². The molecule has 1 atom stereocenters. The third-order valence-electron chi connectivity index (χ3n) is 2.84. The molecule has 2 rings (SSSR count). The third kappa shape index (κ3) is 3.12. The smallest absolute Gasteiger partial charge is 0.122 e. The Morgan fingerprint density at radius 3 is 2.56 bits per heavy atom. The van der Waals surface area contributed by atoms with Crippen LogP contribution in [0, 0.1) is 0 Å². The lowest BCUT2D eigenvalue weighted by atomic mass is 10.0. The molecule has 94 valence electrons. The topological polar surface area (TPSA) is 29.5 Å². The highest BCUT2D eigenvalue weighted by atomic mass is 79.9. The Labute approximate surface area is 115 Å². The Hall–Kier alpha value is -1.32.